The van der Waals surface area contributed by atoms with Gasteiger partial charge >= 0.3 is 6.09 Å². The highest BCUT2D eigenvalue weighted by molar-refractivity contribution is 7.18. The molecule has 0 spiro atoms. The maximum Gasteiger partial charge on any atom is 0.413 e. The lowest BCUT2D eigenvalue weighted by molar-refractivity contribution is -0.919. The van der Waals surface area contributed by atoms with Crippen molar-refractivity contribution in [1.29, 1.82) is 0 Å². The number of aromatic nitrogens is 1. The highest BCUT2D eigenvalue weighted by Crippen LogP contribution is 2.31. The average molecular weight is 348 g/mol. The lowest BCUT2D eigenvalue weighted by Gasteiger charge is -2.31. The fourth-order valence-electron chi connectivity index (χ4n) is 3.18. The Labute approximate surface area is 144 Å². The zero-order valence-electron chi connectivity index (χ0n) is 13.9. The van der Waals surface area contributed by atoms with Crippen molar-refractivity contribution in [2.24, 2.45) is 0 Å². The Morgan fingerprint density at radius 2 is 2.04 bits per heavy atom. The Bertz CT molecular complexity index is 705. The van der Waals surface area contributed by atoms with Gasteiger partial charge in [0.25, 0.3) is 5.91 Å². The van der Waals surface area contributed by atoms with Gasteiger partial charge in [-0.1, -0.05) is 12.1 Å². The number of amides is 2. The predicted molar refractivity (Wildman–Crippen MR) is 92.3 cm³/mol. The van der Waals surface area contributed by atoms with Gasteiger partial charge in [0.15, 0.2) is 6.04 Å². The molecule has 0 bridgehead atoms. The first-order valence-electron chi connectivity index (χ1n) is 8.17. The lowest BCUT2D eigenvalue weighted by atomic mass is 9.96. The molecule has 7 heteroatoms. The van der Waals surface area contributed by atoms with E-state index < -0.39 is 6.09 Å². The Balaban J connectivity index is 1.59. The number of piperidine rings is 1. The number of carbonyl (C=O) groups excluding carboxylic acids is 2. The van der Waals surface area contributed by atoms with Gasteiger partial charge in [0.05, 0.1) is 35.4 Å². The number of imide groups is 1. The molecule has 1 aromatic heterocycles. The summed E-state index contributed by atoms with van der Waals surface area (Å²) in [7, 11) is 1.25. The van der Waals surface area contributed by atoms with Gasteiger partial charge in [-0.25, -0.2) is 9.78 Å². The van der Waals surface area contributed by atoms with E-state index in [1.54, 1.807) is 11.3 Å². The quantitative estimate of drug-likeness (QED) is 0.878. The molecule has 2 N–H and O–H groups in total. The van der Waals surface area contributed by atoms with Gasteiger partial charge in [0.2, 0.25) is 0 Å². The molecule has 1 saturated heterocycles. The Hall–Kier alpha value is -1.99. The van der Waals surface area contributed by atoms with Gasteiger partial charge in [-0.3, -0.25) is 10.1 Å². The fraction of sp³-hybridized carbons (Fsp3) is 0.471. The second-order valence-corrected chi connectivity index (χ2v) is 7.22. The first-order valence-corrected chi connectivity index (χ1v) is 8.99. The van der Waals surface area contributed by atoms with Gasteiger partial charge in [0.1, 0.15) is 0 Å². The number of benzene rings is 1. The van der Waals surface area contributed by atoms with Crippen molar-refractivity contribution in [3.05, 3.63) is 29.3 Å². The number of fused-ring (bicyclic) bond motifs is 1. The van der Waals surface area contributed by atoms with Crippen LogP contribution in [0.2, 0.25) is 0 Å². The summed E-state index contributed by atoms with van der Waals surface area (Å²) in [4.78, 5) is 29.2. The summed E-state index contributed by atoms with van der Waals surface area (Å²) in [6.07, 6.45) is 1.31. The number of methoxy groups -OCH3 is 1. The van der Waals surface area contributed by atoms with Crippen LogP contribution in [0.15, 0.2) is 24.3 Å². The maximum atomic E-state index is 12.0. The maximum absolute atomic E-state index is 12.0. The summed E-state index contributed by atoms with van der Waals surface area (Å²) in [6, 6.07) is 7.95. The minimum Gasteiger partial charge on any atom is -0.453 e. The van der Waals surface area contributed by atoms with Crippen molar-refractivity contribution in [3.63, 3.8) is 0 Å². The van der Waals surface area contributed by atoms with Crippen molar-refractivity contribution < 1.29 is 19.2 Å². The van der Waals surface area contributed by atoms with E-state index >= 15 is 0 Å². The summed E-state index contributed by atoms with van der Waals surface area (Å²) in [5.74, 6) is 0.178. The minimum absolute atomic E-state index is 0.264. The van der Waals surface area contributed by atoms with E-state index in [1.165, 1.54) is 21.7 Å². The highest BCUT2D eigenvalue weighted by Gasteiger charge is 2.32. The molecular weight excluding hydrogens is 326 g/mol. The van der Waals surface area contributed by atoms with Crippen molar-refractivity contribution in [1.82, 2.24) is 10.3 Å². The van der Waals surface area contributed by atoms with Crippen LogP contribution in [0.3, 0.4) is 0 Å². The average Bonchev–Trinajstić information content (AvgIpc) is 3.05. The third kappa shape index (κ3) is 3.57. The van der Waals surface area contributed by atoms with Crippen LogP contribution < -0.4 is 10.2 Å². The molecule has 128 valence electrons. The molecule has 3 rings (SSSR count). The van der Waals surface area contributed by atoms with E-state index in [4.69, 9.17) is 4.98 Å². The molecule has 0 radical (unpaired) electrons. The van der Waals surface area contributed by atoms with Crippen LogP contribution in [0, 0.1) is 0 Å². The normalized spacial score (nSPS) is 22.1. The molecule has 1 fully saturated rings. The summed E-state index contributed by atoms with van der Waals surface area (Å²) < 4.78 is 5.70. The number of likely N-dealkylation sites (tertiary alicyclic amines) is 1. The van der Waals surface area contributed by atoms with Crippen LogP contribution >= 0.6 is 11.3 Å². The Morgan fingerprint density at radius 1 is 1.33 bits per heavy atom. The third-order valence-electron chi connectivity index (χ3n) is 4.70. The molecule has 1 atom stereocenters. The molecule has 6 nitrogen and oxygen atoms in total. The van der Waals surface area contributed by atoms with Crippen LogP contribution in [0.1, 0.15) is 30.7 Å². The van der Waals surface area contributed by atoms with Crippen LogP contribution in [0.5, 0.6) is 0 Å². The number of hydrogen-bond donors (Lipinski definition) is 2. The number of hydrogen-bond acceptors (Lipinski definition) is 5. The van der Waals surface area contributed by atoms with Crippen molar-refractivity contribution in [2.75, 3.05) is 20.2 Å². The van der Waals surface area contributed by atoms with E-state index in [0.717, 1.165) is 31.4 Å². The number of nitrogens with zero attached hydrogens (tertiary/aromatic N) is 1. The predicted octanol–water partition coefficient (Wildman–Crippen LogP) is 1.33. The Morgan fingerprint density at radius 3 is 2.71 bits per heavy atom. The van der Waals surface area contributed by atoms with Gasteiger partial charge < -0.3 is 9.64 Å². The molecule has 0 saturated carbocycles. The van der Waals surface area contributed by atoms with E-state index in [-0.39, 0.29) is 11.9 Å². The van der Waals surface area contributed by atoms with E-state index in [0.29, 0.717) is 5.92 Å². The van der Waals surface area contributed by atoms with Crippen LogP contribution in [-0.4, -0.2) is 43.2 Å². The first kappa shape index (κ1) is 16.9. The molecule has 1 aliphatic rings. The fourth-order valence-corrected chi connectivity index (χ4v) is 4.32. The van der Waals surface area contributed by atoms with Gasteiger partial charge in [0, 0.05) is 18.8 Å². The molecule has 24 heavy (non-hydrogen) atoms. The SMILES string of the molecule is COC(=O)NC(=O)[C@@H](C)[NH+]1CCC(c2nc3ccccc3s2)CC1. The molecule has 2 amide bonds. The number of carbonyl (C=O) groups is 2. The summed E-state index contributed by atoms with van der Waals surface area (Å²) in [6.45, 7) is 3.65. The van der Waals surface area contributed by atoms with Crippen molar-refractivity contribution in [2.45, 2.75) is 31.7 Å². The van der Waals surface area contributed by atoms with E-state index in [1.807, 2.05) is 19.1 Å². The standard InChI is InChI=1S/C17H21N3O3S/c1-11(15(21)19-17(22)23-2)20-9-7-12(8-10-20)16-18-13-5-3-4-6-14(13)24-16/h3-6,11-12H,7-10H2,1-2H3,(H,19,21,22)/p+1/t11-/m1/s1. The molecular formula is C17H22N3O3S+. The third-order valence-corrected chi connectivity index (χ3v) is 5.90. The second kappa shape index (κ2) is 7.27. The van der Waals surface area contributed by atoms with Gasteiger partial charge in [-0.2, -0.15) is 0 Å². The zero-order valence-corrected chi connectivity index (χ0v) is 14.7. The lowest BCUT2D eigenvalue weighted by Crippen LogP contribution is -3.17. The van der Waals surface area contributed by atoms with Gasteiger partial charge in [-0.15, -0.1) is 11.3 Å². The van der Waals surface area contributed by atoms with Crippen LogP contribution in [-0.2, 0) is 9.53 Å². The molecule has 2 heterocycles. The van der Waals surface area contributed by atoms with Gasteiger partial charge in [-0.05, 0) is 19.1 Å². The number of para-hydroxylation sites is 1. The topological polar surface area (TPSA) is 72.7 Å². The summed E-state index contributed by atoms with van der Waals surface area (Å²) >= 11 is 1.77. The Kier molecular flexibility index (Phi) is 5.11. The monoisotopic (exact) mass is 348 g/mol. The number of ether oxygens (including phenoxy) is 1. The second-order valence-electron chi connectivity index (χ2n) is 6.15. The van der Waals surface area contributed by atoms with E-state index in [2.05, 4.69) is 22.2 Å². The molecule has 2 aromatic rings. The molecule has 0 unspecified atom stereocenters. The zero-order chi connectivity index (χ0) is 17.1. The number of nitrogens with one attached hydrogen (secondary N) is 2. The number of rotatable bonds is 3. The molecule has 1 aromatic carbocycles. The largest absolute Gasteiger partial charge is 0.453 e. The minimum atomic E-state index is -0.699. The smallest absolute Gasteiger partial charge is 0.413 e. The molecule has 1 aliphatic heterocycles. The molecule has 0 aliphatic carbocycles. The first-order chi connectivity index (χ1) is 11.6. The van der Waals surface area contributed by atoms with E-state index in [9.17, 15) is 9.59 Å². The number of quaternary nitrogens is 1. The van der Waals surface area contributed by atoms with Crippen LogP contribution in [0.4, 0.5) is 4.79 Å². The van der Waals surface area contributed by atoms with Crippen LogP contribution in [0.25, 0.3) is 10.2 Å². The highest BCUT2D eigenvalue weighted by atomic mass is 32.1. The summed E-state index contributed by atoms with van der Waals surface area (Å²) in [5, 5.41) is 3.45. The van der Waals surface area contributed by atoms with Crippen molar-refractivity contribution in [3.8, 4) is 0 Å². The number of alkyl carbamates (subject to hydrolysis) is 1. The summed E-state index contributed by atoms with van der Waals surface area (Å²) in [5.41, 5.74) is 1.07. The number of thiazole rings is 1. The van der Waals surface area contributed by atoms with Crippen molar-refractivity contribution >= 4 is 33.6 Å².